The molecule has 2 saturated carbocycles. The molecule has 2 aromatic carbocycles. The Hall–Kier alpha value is -4.41. The number of likely N-dealkylation sites (tertiary alicyclic amines) is 1. The first-order chi connectivity index (χ1) is 21.7. The molecule has 8 rings (SSSR count). The molecule has 4 N–H and O–H groups in total. The van der Waals surface area contributed by atoms with Gasteiger partial charge in [0.05, 0.1) is 29.0 Å². The average molecular weight is 624 g/mol. The molecule has 1 saturated heterocycles. The van der Waals surface area contributed by atoms with E-state index in [1.807, 2.05) is 40.8 Å². The van der Waals surface area contributed by atoms with Crippen LogP contribution in [-0.4, -0.2) is 61.6 Å². The number of piperidine rings is 1. The van der Waals surface area contributed by atoms with Crippen molar-refractivity contribution in [3.8, 4) is 28.5 Å². The topological polar surface area (TPSA) is 134 Å². The number of amides is 2. The maximum atomic E-state index is 13.7. The van der Waals surface area contributed by atoms with Gasteiger partial charge in [-0.15, -0.1) is 0 Å². The minimum Gasteiger partial charge on any atom is -0.494 e. The van der Waals surface area contributed by atoms with E-state index in [1.165, 1.54) is 12.8 Å². The van der Waals surface area contributed by atoms with E-state index >= 15 is 0 Å². The first-order valence-corrected chi connectivity index (χ1v) is 15.8. The number of carbonyl (C=O) groups is 2. The lowest BCUT2D eigenvalue weighted by Gasteiger charge is -2.27. The van der Waals surface area contributed by atoms with Gasteiger partial charge in [-0.3, -0.25) is 9.59 Å². The predicted octanol–water partition coefficient (Wildman–Crippen LogP) is 4.99. The molecular weight excluding hydrogens is 590 g/mol. The van der Waals surface area contributed by atoms with Crippen LogP contribution in [0.3, 0.4) is 0 Å². The van der Waals surface area contributed by atoms with Crippen LogP contribution in [0.2, 0.25) is 5.02 Å². The molecule has 3 aliphatic rings. The average Bonchev–Trinajstić information content (AvgIpc) is 3.44. The van der Waals surface area contributed by atoms with Gasteiger partial charge in [0.1, 0.15) is 16.9 Å². The van der Waals surface area contributed by atoms with Crippen molar-refractivity contribution in [1.82, 2.24) is 24.0 Å². The molecule has 2 bridgehead atoms. The minimum atomic E-state index is -0.530. The van der Waals surface area contributed by atoms with Crippen LogP contribution in [0.1, 0.15) is 46.4 Å². The number of nitrogens with zero attached hydrogens (tertiary/aromatic N) is 5. The molecule has 2 aliphatic carbocycles. The van der Waals surface area contributed by atoms with Crippen LogP contribution in [-0.2, 0) is 13.6 Å². The number of benzene rings is 2. The van der Waals surface area contributed by atoms with E-state index in [4.69, 9.17) is 37.8 Å². The summed E-state index contributed by atoms with van der Waals surface area (Å²) in [5.41, 5.74) is 17.5. The van der Waals surface area contributed by atoms with Crippen LogP contribution in [0.15, 0.2) is 48.5 Å². The summed E-state index contributed by atoms with van der Waals surface area (Å²) in [5, 5.41) is 1.39. The fourth-order valence-electron chi connectivity index (χ4n) is 7.35. The zero-order valence-corrected chi connectivity index (χ0v) is 25.9. The second-order valence-electron chi connectivity index (χ2n) is 12.7. The van der Waals surface area contributed by atoms with Crippen molar-refractivity contribution < 1.29 is 14.3 Å². The van der Waals surface area contributed by atoms with Gasteiger partial charge < -0.3 is 30.2 Å². The molecule has 0 radical (unpaired) electrons. The highest BCUT2D eigenvalue weighted by molar-refractivity contribution is 6.33. The normalized spacial score (nSPS) is 20.9. The van der Waals surface area contributed by atoms with Gasteiger partial charge in [-0.05, 0) is 80.0 Å². The third-order valence-electron chi connectivity index (χ3n) is 9.96. The fraction of sp³-hybridized carbons (Fsp3) is 0.353. The largest absolute Gasteiger partial charge is 0.494 e. The predicted molar refractivity (Wildman–Crippen MR) is 173 cm³/mol. The lowest BCUT2D eigenvalue weighted by molar-refractivity contribution is 0.0700. The van der Waals surface area contributed by atoms with Gasteiger partial charge in [0, 0.05) is 54.3 Å². The van der Waals surface area contributed by atoms with Gasteiger partial charge in [0.2, 0.25) is 5.91 Å². The Balaban J connectivity index is 1.23. The first kappa shape index (κ1) is 28.1. The Morgan fingerprint density at radius 1 is 1.02 bits per heavy atom. The van der Waals surface area contributed by atoms with Gasteiger partial charge >= 0.3 is 0 Å². The number of halogens is 1. The van der Waals surface area contributed by atoms with Crippen LogP contribution in [0, 0.1) is 11.8 Å². The molecule has 2 unspecified atom stereocenters. The van der Waals surface area contributed by atoms with Crippen molar-refractivity contribution >= 4 is 45.5 Å². The van der Waals surface area contributed by atoms with E-state index in [9.17, 15) is 9.59 Å². The standard InChI is InChI=1S/C34H34ClN7O3/c1-40-30-25(12-21(14-28(30)45-2)34(44)42-16-20-7-10-26(42)29(20)36)39-33(40)27-13-19-6-9-24(38-32(19)41(27)15-17-3-4-17)22-8-5-18(31(37)43)11-23(22)35/h5-6,8-9,11-14,17,20,26,29H,3-4,7,10,15-16,36H2,1-2H3,(H2,37,43)/t20?,26?,29-/m1/s1. The second-order valence-corrected chi connectivity index (χ2v) is 13.1. The summed E-state index contributed by atoms with van der Waals surface area (Å²) in [6.07, 6.45) is 4.38. The molecule has 11 heteroatoms. The Bertz CT molecular complexity index is 2040. The minimum absolute atomic E-state index is 0.0212. The van der Waals surface area contributed by atoms with Crippen LogP contribution in [0.25, 0.3) is 44.8 Å². The smallest absolute Gasteiger partial charge is 0.254 e. The zero-order valence-electron chi connectivity index (χ0n) is 25.2. The van der Waals surface area contributed by atoms with Gasteiger partial charge in [-0.25, -0.2) is 9.97 Å². The highest BCUT2D eigenvalue weighted by atomic mass is 35.5. The first-order valence-electron chi connectivity index (χ1n) is 15.4. The molecule has 2 amide bonds. The Labute approximate surface area is 264 Å². The number of hydrogen-bond donors (Lipinski definition) is 2. The van der Waals surface area contributed by atoms with E-state index in [2.05, 4.69) is 10.6 Å². The molecule has 3 atom stereocenters. The molecular formula is C34H34ClN7O3. The van der Waals surface area contributed by atoms with Crippen LogP contribution < -0.4 is 16.2 Å². The summed E-state index contributed by atoms with van der Waals surface area (Å²) in [6, 6.07) is 15.0. The maximum absolute atomic E-state index is 13.7. The summed E-state index contributed by atoms with van der Waals surface area (Å²) >= 11 is 6.58. The van der Waals surface area contributed by atoms with Crippen LogP contribution in [0.4, 0.5) is 0 Å². The number of fused-ring (bicyclic) bond motifs is 4. The number of carbonyl (C=O) groups excluding carboxylic acids is 2. The number of imidazole rings is 1. The monoisotopic (exact) mass is 623 g/mol. The van der Waals surface area contributed by atoms with Crippen LogP contribution >= 0.6 is 11.6 Å². The van der Waals surface area contributed by atoms with Crippen molar-refractivity contribution in [2.45, 2.75) is 44.3 Å². The van der Waals surface area contributed by atoms with Crippen LogP contribution in [0.5, 0.6) is 5.75 Å². The maximum Gasteiger partial charge on any atom is 0.254 e. The summed E-state index contributed by atoms with van der Waals surface area (Å²) in [5.74, 6) is 1.76. The summed E-state index contributed by atoms with van der Waals surface area (Å²) < 4.78 is 10.1. The lowest BCUT2D eigenvalue weighted by atomic mass is 10.1. The Morgan fingerprint density at radius 3 is 2.51 bits per heavy atom. The molecule has 3 fully saturated rings. The number of nitrogens with two attached hydrogens (primary N) is 2. The van der Waals surface area contributed by atoms with Crippen molar-refractivity contribution in [2.75, 3.05) is 13.7 Å². The van der Waals surface area contributed by atoms with Crippen molar-refractivity contribution in [2.24, 2.45) is 30.4 Å². The molecule has 5 aromatic rings. The molecule has 4 heterocycles. The summed E-state index contributed by atoms with van der Waals surface area (Å²) in [6.45, 7) is 1.51. The Morgan fingerprint density at radius 2 is 1.84 bits per heavy atom. The number of pyridine rings is 1. The lowest BCUT2D eigenvalue weighted by Crippen LogP contribution is -2.41. The van der Waals surface area contributed by atoms with Crippen molar-refractivity contribution in [1.29, 1.82) is 0 Å². The van der Waals surface area contributed by atoms with E-state index in [0.717, 1.165) is 53.0 Å². The quantitative estimate of drug-likeness (QED) is 0.262. The number of primary amides is 1. The van der Waals surface area contributed by atoms with Gasteiger partial charge in [-0.2, -0.15) is 0 Å². The van der Waals surface area contributed by atoms with Gasteiger partial charge in [0.25, 0.3) is 5.91 Å². The highest BCUT2D eigenvalue weighted by Gasteiger charge is 2.47. The number of aryl methyl sites for hydroxylation is 1. The number of methoxy groups -OCH3 is 1. The zero-order chi connectivity index (χ0) is 31.1. The van der Waals surface area contributed by atoms with Crippen molar-refractivity contribution in [3.63, 3.8) is 0 Å². The molecule has 45 heavy (non-hydrogen) atoms. The number of ether oxygens (including phenoxy) is 1. The SMILES string of the molecule is COc1cc(C(=O)N2CC3CCC2[C@@H]3N)cc2nc(-c3cc4ccc(-c5ccc(C(N)=O)cc5Cl)nc4n3CC3CC3)n(C)c12. The van der Waals surface area contributed by atoms with Gasteiger partial charge in [-0.1, -0.05) is 17.7 Å². The van der Waals surface area contributed by atoms with E-state index in [0.29, 0.717) is 51.5 Å². The third kappa shape index (κ3) is 4.49. The van der Waals surface area contributed by atoms with Crippen molar-refractivity contribution in [3.05, 3.63) is 64.7 Å². The number of rotatable bonds is 7. The highest BCUT2D eigenvalue weighted by Crippen LogP contribution is 2.40. The second kappa shape index (κ2) is 10.3. The number of aromatic nitrogens is 4. The van der Waals surface area contributed by atoms with E-state index < -0.39 is 5.91 Å². The summed E-state index contributed by atoms with van der Waals surface area (Å²) in [7, 11) is 3.60. The molecule has 1 aliphatic heterocycles. The molecule has 0 spiro atoms. The fourth-order valence-corrected chi connectivity index (χ4v) is 7.63. The van der Waals surface area contributed by atoms with Gasteiger partial charge in [0.15, 0.2) is 5.82 Å². The van der Waals surface area contributed by atoms with E-state index in [1.54, 1.807) is 25.3 Å². The molecule has 10 nitrogen and oxygen atoms in total. The molecule has 230 valence electrons. The summed E-state index contributed by atoms with van der Waals surface area (Å²) in [4.78, 5) is 37.5. The number of hydrogen-bond acceptors (Lipinski definition) is 6. The molecule has 3 aromatic heterocycles. The van der Waals surface area contributed by atoms with E-state index in [-0.39, 0.29) is 18.0 Å². The third-order valence-corrected chi connectivity index (χ3v) is 10.3. The Kier molecular flexibility index (Phi) is 6.44.